The second kappa shape index (κ2) is 7.33. The van der Waals surface area contributed by atoms with Crippen LogP contribution in [-0.4, -0.2) is 9.97 Å². The van der Waals surface area contributed by atoms with Gasteiger partial charge in [0.2, 0.25) is 0 Å². The van der Waals surface area contributed by atoms with Crippen LogP contribution in [0.15, 0.2) is 103 Å². The number of nitrogens with zero attached hydrogens (tertiary/aromatic N) is 2. The highest BCUT2D eigenvalue weighted by atomic mass is 14.9. The molecular formula is C27H20N2. The highest BCUT2D eigenvalue weighted by Crippen LogP contribution is 2.32. The lowest BCUT2D eigenvalue weighted by molar-refractivity contribution is 1.18. The van der Waals surface area contributed by atoms with Crippen molar-refractivity contribution in [3.8, 4) is 33.9 Å². The Bertz CT molecular complexity index is 1300. The van der Waals surface area contributed by atoms with E-state index in [9.17, 15) is 0 Å². The van der Waals surface area contributed by atoms with Gasteiger partial charge in [0.1, 0.15) is 0 Å². The zero-order chi connectivity index (χ0) is 19.6. The molecule has 0 radical (unpaired) electrons. The SMILES string of the molecule is Cc1ccccc1-c1cc(-c2cccc3ccccc23)nc(-c2ccccc2)n1. The normalized spacial score (nSPS) is 10.9. The van der Waals surface area contributed by atoms with Gasteiger partial charge in [0, 0.05) is 16.7 Å². The largest absolute Gasteiger partial charge is 0.228 e. The molecule has 5 rings (SSSR count). The van der Waals surface area contributed by atoms with E-state index < -0.39 is 0 Å². The van der Waals surface area contributed by atoms with E-state index in [-0.39, 0.29) is 0 Å². The molecule has 0 aliphatic heterocycles. The summed E-state index contributed by atoms with van der Waals surface area (Å²) < 4.78 is 0. The molecule has 0 aliphatic rings. The second-order valence-electron chi connectivity index (χ2n) is 7.17. The van der Waals surface area contributed by atoms with Crippen molar-refractivity contribution in [3.63, 3.8) is 0 Å². The zero-order valence-electron chi connectivity index (χ0n) is 16.2. The van der Waals surface area contributed by atoms with Gasteiger partial charge in [-0.15, -0.1) is 0 Å². The number of fused-ring (bicyclic) bond motifs is 1. The summed E-state index contributed by atoms with van der Waals surface area (Å²) in [6.45, 7) is 2.12. The van der Waals surface area contributed by atoms with Gasteiger partial charge in [0.25, 0.3) is 0 Å². The van der Waals surface area contributed by atoms with Crippen LogP contribution in [0.1, 0.15) is 5.56 Å². The number of rotatable bonds is 3. The van der Waals surface area contributed by atoms with Crippen molar-refractivity contribution in [2.75, 3.05) is 0 Å². The molecule has 2 nitrogen and oxygen atoms in total. The fourth-order valence-corrected chi connectivity index (χ4v) is 3.75. The monoisotopic (exact) mass is 372 g/mol. The van der Waals surface area contributed by atoms with Crippen molar-refractivity contribution in [1.29, 1.82) is 0 Å². The third-order valence-electron chi connectivity index (χ3n) is 5.24. The smallest absolute Gasteiger partial charge is 0.160 e. The van der Waals surface area contributed by atoms with Crippen LogP contribution in [0.25, 0.3) is 44.7 Å². The predicted octanol–water partition coefficient (Wildman–Crippen LogP) is 6.94. The Hall–Kier alpha value is -3.78. The summed E-state index contributed by atoms with van der Waals surface area (Å²) in [6, 6.07) is 35.5. The van der Waals surface area contributed by atoms with Crippen molar-refractivity contribution in [2.45, 2.75) is 6.92 Å². The van der Waals surface area contributed by atoms with Crippen LogP contribution in [0.3, 0.4) is 0 Å². The Labute approximate surface area is 170 Å². The van der Waals surface area contributed by atoms with Crippen LogP contribution in [-0.2, 0) is 0 Å². The number of benzene rings is 4. The van der Waals surface area contributed by atoms with E-state index in [2.05, 4.69) is 91.9 Å². The topological polar surface area (TPSA) is 25.8 Å². The minimum atomic E-state index is 0.745. The van der Waals surface area contributed by atoms with Gasteiger partial charge in [-0.1, -0.05) is 97.1 Å². The van der Waals surface area contributed by atoms with E-state index in [1.54, 1.807) is 0 Å². The standard InChI is InChI=1S/C27H20N2/c1-19-10-5-7-15-22(19)25-18-26(29-27(28-25)21-12-3-2-4-13-21)24-17-9-14-20-11-6-8-16-23(20)24/h2-18H,1H3. The van der Waals surface area contributed by atoms with E-state index in [0.717, 1.165) is 33.9 Å². The van der Waals surface area contributed by atoms with E-state index >= 15 is 0 Å². The maximum absolute atomic E-state index is 4.97. The summed E-state index contributed by atoms with van der Waals surface area (Å²) >= 11 is 0. The van der Waals surface area contributed by atoms with Gasteiger partial charge in [0.15, 0.2) is 5.82 Å². The minimum absolute atomic E-state index is 0.745. The van der Waals surface area contributed by atoms with Crippen molar-refractivity contribution in [1.82, 2.24) is 9.97 Å². The molecule has 0 unspecified atom stereocenters. The molecule has 0 bridgehead atoms. The molecule has 0 spiro atoms. The second-order valence-corrected chi connectivity index (χ2v) is 7.17. The van der Waals surface area contributed by atoms with Crippen molar-refractivity contribution < 1.29 is 0 Å². The molecule has 0 amide bonds. The molecular weight excluding hydrogens is 352 g/mol. The first-order valence-electron chi connectivity index (χ1n) is 9.78. The summed E-state index contributed by atoms with van der Waals surface area (Å²) in [5.41, 5.74) is 6.36. The summed E-state index contributed by atoms with van der Waals surface area (Å²) in [4.78, 5) is 9.90. The molecule has 0 fully saturated rings. The van der Waals surface area contributed by atoms with Crippen molar-refractivity contribution in [2.24, 2.45) is 0 Å². The number of hydrogen-bond donors (Lipinski definition) is 0. The third kappa shape index (κ3) is 3.30. The fraction of sp³-hybridized carbons (Fsp3) is 0.0370. The predicted molar refractivity (Wildman–Crippen MR) is 121 cm³/mol. The first-order valence-corrected chi connectivity index (χ1v) is 9.78. The highest BCUT2D eigenvalue weighted by molar-refractivity contribution is 5.96. The van der Waals surface area contributed by atoms with Crippen LogP contribution in [0.4, 0.5) is 0 Å². The molecule has 2 heteroatoms. The lowest BCUT2D eigenvalue weighted by atomic mass is 9.99. The summed E-state index contributed by atoms with van der Waals surface area (Å²) in [5, 5.41) is 2.41. The maximum atomic E-state index is 4.97. The third-order valence-corrected chi connectivity index (χ3v) is 5.24. The molecule has 1 aromatic heterocycles. The first kappa shape index (κ1) is 17.3. The first-order chi connectivity index (χ1) is 14.3. The Morgan fingerprint density at radius 3 is 2.00 bits per heavy atom. The molecule has 0 N–H and O–H groups in total. The van der Waals surface area contributed by atoms with E-state index in [0.29, 0.717) is 0 Å². The molecule has 5 aromatic rings. The quantitative estimate of drug-likeness (QED) is 0.343. The minimum Gasteiger partial charge on any atom is -0.228 e. The van der Waals surface area contributed by atoms with Gasteiger partial charge >= 0.3 is 0 Å². The zero-order valence-corrected chi connectivity index (χ0v) is 16.2. The average Bonchev–Trinajstić information content (AvgIpc) is 2.79. The summed E-state index contributed by atoms with van der Waals surface area (Å²) in [5.74, 6) is 0.745. The van der Waals surface area contributed by atoms with Gasteiger partial charge in [0.05, 0.1) is 11.4 Å². The van der Waals surface area contributed by atoms with Crippen molar-refractivity contribution in [3.05, 3.63) is 109 Å². The van der Waals surface area contributed by atoms with E-state index in [4.69, 9.17) is 9.97 Å². The molecule has 0 aliphatic carbocycles. The Kier molecular flexibility index (Phi) is 4.38. The van der Waals surface area contributed by atoms with Crippen molar-refractivity contribution >= 4 is 10.8 Å². The van der Waals surface area contributed by atoms with Crippen LogP contribution in [0.5, 0.6) is 0 Å². The molecule has 0 saturated heterocycles. The maximum Gasteiger partial charge on any atom is 0.160 e. The molecule has 4 aromatic carbocycles. The van der Waals surface area contributed by atoms with Gasteiger partial charge in [-0.3, -0.25) is 0 Å². The molecule has 0 atom stereocenters. The number of aromatic nitrogens is 2. The Morgan fingerprint density at radius 1 is 0.552 bits per heavy atom. The van der Waals surface area contributed by atoms with Gasteiger partial charge < -0.3 is 0 Å². The average molecular weight is 372 g/mol. The molecule has 1 heterocycles. The van der Waals surface area contributed by atoms with Gasteiger partial charge in [-0.2, -0.15) is 0 Å². The number of hydrogen-bond acceptors (Lipinski definition) is 2. The fourth-order valence-electron chi connectivity index (χ4n) is 3.75. The summed E-state index contributed by atoms with van der Waals surface area (Å²) in [7, 11) is 0. The molecule has 29 heavy (non-hydrogen) atoms. The van der Waals surface area contributed by atoms with E-state index in [1.165, 1.54) is 16.3 Å². The molecule has 0 saturated carbocycles. The van der Waals surface area contributed by atoms with Crippen LogP contribution in [0, 0.1) is 6.92 Å². The van der Waals surface area contributed by atoms with Gasteiger partial charge in [-0.05, 0) is 29.3 Å². The van der Waals surface area contributed by atoms with Crippen LogP contribution >= 0.6 is 0 Å². The lowest BCUT2D eigenvalue weighted by Gasteiger charge is -2.12. The van der Waals surface area contributed by atoms with Crippen LogP contribution < -0.4 is 0 Å². The highest BCUT2D eigenvalue weighted by Gasteiger charge is 2.13. The Balaban J connectivity index is 1.79. The Morgan fingerprint density at radius 2 is 1.17 bits per heavy atom. The summed E-state index contributed by atoms with van der Waals surface area (Å²) in [6.07, 6.45) is 0. The van der Waals surface area contributed by atoms with Crippen LogP contribution in [0.2, 0.25) is 0 Å². The van der Waals surface area contributed by atoms with E-state index in [1.807, 2.05) is 18.2 Å². The number of aryl methyl sites for hydroxylation is 1. The lowest BCUT2D eigenvalue weighted by Crippen LogP contribution is -1.97. The molecule has 138 valence electrons. The van der Waals surface area contributed by atoms with Gasteiger partial charge in [-0.25, -0.2) is 9.97 Å².